The number of thiocarbonyl (C=S) groups is 1. The predicted octanol–water partition coefficient (Wildman–Crippen LogP) is 1.73. The smallest absolute Gasteiger partial charge is 0.123 e. The van der Waals surface area contributed by atoms with Gasteiger partial charge in [0.1, 0.15) is 5.82 Å². The van der Waals surface area contributed by atoms with E-state index in [1.54, 1.807) is 18.2 Å². The lowest BCUT2D eigenvalue weighted by Gasteiger charge is -1.78. The maximum Gasteiger partial charge on any atom is 0.123 e. The van der Waals surface area contributed by atoms with Gasteiger partial charge in [0.2, 0.25) is 0 Å². The molecular formula is C7H8FNS. The Morgan fingerprint density at radius 1 is 1.30 bits per heavy atom. The van der Waals surface area contributed by atoms with Crippen molar-refractivity contribution in [2.75, 3.05) is 0 Å². The van der Waals surface area contributed by atoms with Crippen molar-refractivity contribution in [3.8, 4) is 0 Å². The number of hydrogen-bond donors (Lipinski definition) is 1. The van der Waals surface area contributed by atoms with Gasteiger partial charge >= 0.3 is 0 Å². The molecule has 0 spiro atoms. The first kappa shape index (κ1) is 9.04. The van der Waals surface area contributed by atoms with Crippen molar-refractivity contribution in [1.82, 2.24) is 0 Å². The molecule has 3 heteroatoms. The van der Waals surface area contributed by atoms with E-state index in [4.69, 9.17) is 0 Å². The second-order valence-electron chi connectivity index (χ2n) is 1.43. The minimum Gasteiger partial charge on any atom is -0.396 e. The Balaban J connectivity index is 0.000000236. The van der Waals surface area contributed by atoms with Gasteiger partial charge in [-0.2, -0.15) is 0 Å². The number of benzene rings is 1. The molecule has 1 nitrogen and oxygen atoms in total. The molecule has 0 bridgehead atoms. The predicted molar refractivity (Wildman–Crippen MR) is 44.2 cm³/mol. The van der Waals surface area contributed by atoms with Gasteiger partial charge in [-0.1, -0.05) is 30.4 Å². The zero-order valence-corrected chi connectivity index (χ0v) is 6.14. The molecule has 54 valence electrons. The second-order valence-corrected chi connectivity index (χ2v) is 1.70. The monoisotopic (exact) mass is 157 g/mol. The molecule has 0 saturated carbocycles. The average molecular weight is 157 g/mol. The van der Waals surface area contributed by atoms with Crippen LogP contribution in [0.5, 0.6) is 0 Å². The third-order valence-corrected chi connectivity index (χ3v) is 0.733. The first-order valence-corrected chi connectivity index (χ1v) is 3.14. The Bertz CT molecular complexity index is 176. The number of rotatable bonds is 0. The molecule has 0 aliphatic heterocycles. The summed E-state index contributed by atoms with van der Waals surface area (Å²) in [4.78, 5) is 0. The van der Waals surface area contributed by atoms with Gasteiger partial charge in [0.15, 0.2) is 0 Å². The highest BCUT2D eigenvalue weighted by molar-refractivity contribution is 7.78. The van der Waals surface area contributed by atoms with E-state index in [0.717, 1.165) is 5.49 Å². The lowest BCUT2D eigenvalue weighted by atomic mass is 10.4. The first-order valence-electron chi connectivity index (χ1n) is 2.67. The Morgan fingerprint density at radius 3 is 1.90 bits per heavy atom. The first-order chi connectivity index (χ1) is 4.81. The van der Waals surface area contributed by atoms with Gasteiger partial charge in [-0.15, -0.1) is 0 Å². The van der Waals surface area contributed by atoms with Gasteiger partial charge < -0.3 is 5.73 Å². The van der Waals surface area contributed by atoms with E-state index in [1.165, 1.54) is 12.1 Å². The van der Waals surface area contributed by atoms with Crippen molar-refractivity contribution < 1.29 is 4.39 Å². The van der Waals surface area contributed by atoms with Crippen LogP contribution in [0.1, 0.15) is 0 Å². The van der Waals surface area contributed by atoms with Crippen LogP contribution >= 0.6 is 12.2 Å². The molecule has 1 aromatic carbocycles. The van der Waals surface area contributed by atoms with Crippen molar-refractivity contribution in [3.63, 3.8) is 0 Å². The minimum atomic E-state index is -0.178. The van der Waals surface area contributed by atoms with E-state index < -0.39 is 0 Å². The minimum absolute atomic E-state index is 0.178. The Labute approximate surface area is 64.7 Å². The Kier molecular flexibility index (Phi) is 5.57. The standard InChI is InChI=1S/C6H5F.CH3NS/c7-6-4-2-1-3-5-6;2-1-3/h1-5H;1H,(H2,2,3). The average Bonchev–Trinajstić information content (AvgIpc) is 1.91. The third kappa shape index (κ3) is 5.18. The molecule has 10 heavy (non-hydrogen) atoms. The summed E-state index contributed by atoms with van der Waals surface area (Å²) in [6.07, 6.45) is 0. The van der Waals surface area contributed by atoms with E-state index in [9.17, 15) is 4.39 Å². The summed E-state index contributed by atoms with van der Waals surface area (Å²) in [6, 6.07) is 7.94. The highest BCUT2D eigenvalue weighted by Gasteiger charge is 1.77. The molecule has 0 aromatic heterocycles. The number of hydrogen-bond acceptors (Lipinski definition) is 1. The van der Waals surface area contributed by atoms with Crippen molar-refractivity contribution in [2.24, 2.45) is 5.73 Å². The second kappa shape index (κ2) is 6.16. The summed E-state index contributed by atoms with van der Waals surface area (Å²) < 4.78 is 11.9. The molecule has 0 aliphatic rings. The summed E-state index contributed by atoms with van der Waals surface area (Å²) in [5.41, 5.74) is 5.62. The molecule has 0 fully saturated rings. The van der Waals surface area contributed by atoms with Gasteiger partial charge in [0.25, 0.3) is 0 Å². The highest BCUT2D eigenvalue weighted by atomic mass is 32.1. The molecule has 2 N–H and O–H groups in total. The largest absolute Gasteiger partial charge is 0.396 e. The van der Waals surface area contributed by atoms with Crippen LogP contribution in [0, 0.1) is 5.82 Å². The van der Waals surface area contributed by atoms with Crippen LogP contribution < -0.4 is 5.73 Å². The third-order valence-electron chi connectivity index (χ3n) is 0.733. The summed E-state index contributed by atoms with van der Waals surface area (Å²) in [7, 11) is 0. The van der Waals surface area contributed by atoms with Crippen molar-refractivity contribution in [3.05, 3.63) is 36.1 Å². The van der Waals surface area contributed by atoms with Crippen LogP contribution in [0.25, 0.3) is 0 Å². The summed E-state index contributed by atoms with van der Waals surface area (Å²) in [5.74, 6) is -0.178. The van der Waals surface area contributed by atoms with Crippen LogP contribution in [0.2, 0.25) is 0 Å². The number of halogens is 1. The van der Waals surface area contributed by atoms with Crippen LogP contribution in [0.3, 0.4) is 0 Å². The molecule has 0 unspecified atom stereocenters. The van der Waals surface area contributed by atoms with Crippen molar-refractivity contribution in [2.45, 2.75) is 0 Å². The van der Waals surface area contributed by atoms with Crippen molar-refractivity contribution in [1.29, 1.82) is 0 Å². The van der Waals surface area contributed by atoms with Gasteiger partial charge in [-0.05, 0) is 12.1 Å². The molecule has 0 atom stereocenters. The fourth-order valence-corrected chi connectivity index (χ4v) is 0.415. The molecule has 1 aromatic rings. The van der Waals surface area contributed by atoms with Gasteiger partial charge in [0.05, 0.1) is 5.49 Å². The molecule has 0 radical (unpaired) electrons. The summed E-state index contributed by atoms with van der Waals surface area (Å²) in [5, 5.41) is 0. The molecule has 0 saturated heterocycles. The fraction of sp³-hybridized carbons (Fsp3) is 0. The number of nitrogens with two attached hydrogens (primary N) is 1. The molecule has 0 aliphatic carbocycles. The normalized spacial score (nSPS) is 7.30. The molecular weight excluding hydrogens is 149 g/mol. The van der Waals surface area contributed by atoms with Crippen LogP contribution in [0.15, 0.2) is 30.3 Å². The van der Waals surface area contributed by atoms with E-state index >= 15 is 0 Å². The summed E-state index contributed by atoms with van der Waals surface area (Å²) >= 11 is 4.05. The lowest BCUT2D eigenvalue weighted by Crippen LogP contribution is -1.79. The van der Waals surface area contributed by atoms with Crippen LogP contribution in [0.4, 0.5) is 4.39 Å². The van der Waals surface area contributed by atoms with E-state index in [0.29, 0.717) is 0 Å². The lowest BCUT2D eigenvalue weighted by molar-refractivity contribution is 0.628. The molecule has 0 amide bonds. The van der Waals surface area contributed by atoms with Crippen molar-refractivity contribution >= 4 is 17.7 Å². The Hall–Kier alpha value is -0.960. The quantitative estimate of drug-likeness (QED) is 0.580. The van der Waals surface area contributed by atoms with E-state index in [-0.39, 0.29) is 5.82 Å². The van der Waals surface area contributed by atoms with Crippen LogP contribution in [-0.2, 0) is 0 Å². The van der Waals surface area contributed by atoms with E-state index in [2.05, 4.69) is 18.0 Å². The zero-order valence-electron chi connectivity index (χ0n) is 5.33. The van der Waals surface area contributed by atoms with Gasteiger partial charge in [-0.3, -0.25) is 0 Å². The van der Waals surface area contributed by atoms with Gasteiger partial charge in [-0.25, -0.2) is 4.39 Å². The maximum atomic E-state index is 11.9. The zero-order chi connectivity index (χ0) is 7.82. The Morgan fingerprint density at radius 2 is 1.70 bits per heavy atom. The molecule has 1 rings (SSSR count). The van der Waals surface area contributed by atoms with Gasteiger partial charge in [0, 0.05) is 0 Å². The molecule has 0 heterocycles. The fourth-order valence-electron chi connectivity index (χ4n) is 0.415. The van der Waals surface area contributed by atoms with Crippen LogP contribution in [-0.4, -0.2) is 5.49 Å². The maximum absolute atomic E-state index is 11.9. The SMILES string of the molecule is Fc1ccccc1.NC=S. The topological polar surface area (TPSA) is 26.0 Å². The summed E-state index contributed by atoms with van der Waals surface area (Å²) in [6.45, 7) is 0. The highest BCUT2D eigenvalue weighted by Crippen LogP contribution is 1.91. The van der Waals surface area contributed by atoms with E-state index in [1.807, 2.05) is 0 Å².